The van der Waals surface area contributed by atoms with E-state index in [0.717, 1.165) is 36.8 Å². The Balaban J connectivity index is 2.54. The molecule has 1 saturated carbocycles. The van der Waals surface area contributed by atoms with Crippen LogP contribution in [0.1, 0.15) is 88.0 Å². The number of rotatable bonds is 10. The van der Waals surface area contributed by atoms with Gasteiger partial charge in [-0.05, 0) is 47.5 Å². The van der Waals surface area contributed by atoms with Gasteiger partial charge in [-0.2, -0.15) is 0 Å². The predicted octanol–water partition coefficient (Wildman–Crippen LogP) is 7.47. The van der Waals surface area contributed by atoms with E-state index in [1.807, 2.05) is 0 Å². The molecule has 0 N–H and O–H groups in total. The minimum Gasteiger partial charge on any atom is -0.415 e. The Morgan fingerprint density at radius 2 is 1.15 bits per heavy atom. The molecule has 1 heterocycles. The van der Waals surface area contributed by atoms with Crippen molar-refractivity contribution in [1.29, 1.82) is 0 Å². The minimum atomic E-state index is -2.26. The largest absolute Gasteiger partial charge is 0.415 e. The van der Waals surface area contributed by atoms with Gasteiger partial charge in [0, 0.05) is 5.54 Å². The van der Waals surface area contributed by atoms with Gasteiger partial charge < -0.3 is 12.3 Å². The Morgan fingerprint density at radius 1 is 0.704 bits per heavy atom. The van der Waals surface area contributed by atoms with Gasteiger partial charge >= 0.3 is 25.7 Å². The van der Waals surface area contributed by atoms with Crippen molar-refractivity contribution in [2.45, 2.75) is 123 Å². The van der Waals surface area contributed by atoms with Crippen molar-refractivity contribution in [3.05, 3.63) is 0 Å². The summed E-state index contributed by atoms with van der Waals surface area (Å²) >= 11 is 0. The predicted molar refractivity (Wildman–Crippen MR) is 123 cm³/mol. The molecular formula is C21H46O3Si3. The lowest BCUT2D eigenvalue weighted by molar-refractivity contribution is 0.191. The van der Waals surface area contributed by atoms with Crippen molar-refractivity contribution in [3.63, 3.8) is 0 Å². The standard InChI is InChI=1S/C21H46O3Si3/c1-10-13-25(18(6)7)22-26(14-11-2,19(8)9)24-27(23-25,15-12-3)21-16-20(21)17(4)5/h17-21H,10-16H2,1-9H3. The van der Waals surface area contributed by atoms with Crippen molar-refractivity contribution >= 4 is 25.7 Å². The van der Waals surface area contributed by atoms with Crippen LogP contribution in [0.25, 0.3) is 0 Å². The van der Waals surface area contributed by atoms with Crippen molar-refractivity contribution in [3.8, 4) is 0 Å². The molecule has 27 heavy (non-hydrogen) atoms. The van der Waals surface area contributed by atoms with Crippen LogP contribution in [-0.2, 0) is 12.3 Å². The van der Waals surface area contributed by atoms with Gasteiger partial charge in [0.25, 0.3) is 0 Å². The maximum Gasteiger partial charge on any atom is 0.324 e. The monoisotopic (exact) mass is 430 g/mol. The van der Waals surface area contributed by atoms with Gasteiger partial charge in [-0.3, -0.25) is 0 Å². The Morgan fingerprint density at radius 3 is 1.44 bits per heavy atom. The van der Waals surface area contributed by atoms with Crippen LogP contribution in [0.5, 0.6) is 0 Å². The van der Waals surface area contributed by atoms with Gasteiger partial charge in [0.1, 0.15) is 0 Å². The maximum atomic E-state index is 7.33. The molecule has 160 valence electrons. The Hall–Kier alpha value is 0.531. The molecule has 0 radical (unpaired) electrons. The molecule has 6 heteroatoms. The molecule has 4 atom stereocenters. The average Bonchev–Trinajstić information content (AvgIpc) is 3.36. The highest BCUT2D eigenvalue weighted by atomic mass is 28.5. The summed E-state index contributed by atoms with van der Waals surface area (Å²) in [5, 5.41) is 0. The van der Waals surface area contributed by atoms with Crippen LogP contribution in [0, 0.1) is 11.8 Å². The fraction of sp³-hybridized carbons (Fsp3) is 1.00. The SMILES string of the molecule is CCC[Si]1(C(C)C)O[Si](CCC)(C(C)C)O[Si](CCC)(C2CC2C(C)C)O1. The fourth-order valence-electron chi connectivity index (χ4n) is 5.13. The molecule has 0 aromatic heterocycles. The summed E-state index contributed by atoms with van der Waals surface area (Å²) in [5.41, 5.74) is 1.71. The first-order chi connectivity index (χ1) is 12.6. The third kappa shape index (κ3) is 4.66. The highest BCUT2D eigenvalue weighted by Crippen LogP contribution is 2.61. The number of hydrogen-bond acceptors (Lipinski definition) is 3. The molecule has 2 fully saturated rings. The van der Waals surface area contributed by atoms with E-state index in [9.17, 15) is 0 Å². The summed E-state index contributed by atoms with van der Waals surface area (Å²) in [6, 6.07) is 3.44. The third-order valence-electron chi connectivity index (χ3n) is 6.85. The van der Waals surface area contributed by atoms with E-state index < -0.39 is 25.7 Å². The molecule has 2 aliphatic rings. The first kappa shape index (κ1) is 23.8. The van der Waals surface area contributed by atoms with Crippen molar-refractivity contribution in [1.82, 2.24) is 0 Å². The molecule has 2 rings (SSSR count). The maximum absolute atomic E-state index is 7.33. The Labute approximate surface area is 172 Å². The summed E-state index contributed by atoms with van der Waals surface area (Å²) in [7, 11) is -6.76. The van der Waals surface area contributed by atoms with E-state index in [0.29, 0.717) is 16.6 Å². The molecule has 0 spiro atoms. The minimum absolute atomic E-state index is 0.504. The lowest BCUT2D eigenvalue weighted by Crippen LogP contribution is -2.72. The fourth-order valence-corrected chi connectivity index (χ4v) is 26.5. The van der Waals surface area contributed by atoms with E-state index in [1.165, 1.54) is 18.9 Å². The lowest BCUT2D eigenvalue weighted by Gasteiger charge is -2.56. The first-order valence-electron chi connectivity index (χ1n) is 11.7. The zero-order chi connectivity index (χ0) is 20.5. The quantitative estimate of drug-likeness (QED) is 0.336. The van der Waals surface area contributed by atoms with E-state index in [2.05, 4.69) is 62.3 Å². The van der Waals surface area contributed by atoms with Gasteiger partial charge in [0.05, 0.1) is 0 Å². The molecule has 0 aromatic carbocycles. The zero-order valence-electron chi connectivity index (χ0n) is 19.6. The van der Waals surface area contributed by atoms with Crippen LogP contribution in [0.3, 0.4) is 0 Å². The van der Waals surface area contributed by atoms with Crippen LogP contribution >= 0.6 is 0 Å². The van der Waals surface area contributed by atoms with E-state index in [1.54, 1.807) is 0 Å². The molecule has 1 aliphatic heterocycles. The normalized spacial score (nSPS) is 39.6. The van der Waals surface area contributed by atoms with Crippen molar-refractivity contribution in [2.24, 2.45) is 11.8 Å². The molecule has 0 bridgehead atoms. The summed E-state index contributed by atoms with van der Waals surface area (Å²) in [6.07, 6.45) is 4.83. The Kier molecular flexibility index (Phi) is 8.05. The van der Waals surface area contributed by atoms with Gasteiger partial charge in [0.2, 0.25) is 0 Å². The highest BCUT2D eigenvalue weighted by molar-refractivity contribution is 6.96. The zero-order valence-corrected chi connectivity index (χ0v) is 22.6. The smallest absolute Gasteiger partial charge is 0.324 e. The highest BCUT2D eigenvalue weighted by Gasteiger charge is 2.69. The molecule has 0 aromatic rings. The first-order valence-corrected chi connectivity index (χ1v) is 18.0. The van der Waals surface area contributed by atoms with Crippen LogP contribution in [0.15, 0.2) is 0 Å². The second-order valence-electron chi connectivity index (χ2n) is 10.1. The number of hydrogen-bond donors (Lipinski definition) is 0. The summed E-state index contributed by atoms with van der Waals surface area (Å²) < 4.78 is 21.9. The van der Waals surface area contributed by atoms with Crippen LogP contribution in [-0.4, -0.2) is 25.7 Å². The molecule has 0 amide bonds. The summed E-state index contributed by atoms with van der Waals surface area (Å²) in [5.74, 6) is 1.55. The lowest BCUT2D eigenvalue weighted by atomic mass is 10.1. The summed E-state index contributed by atoms with van der Waals surface area (Å²) in [6.45, 7) is 21.1. The van der Waals surface area contributed by atoms with Gasteiger partial charge in [-0.1, -0.05) is 81.6 Å². The molecule has 1 aliphatic carbocycles. The van der Waals surface area contributed by atoms with Crippen LogP contribution in [0.2, 0.25) is 34.8 Å². The summed E-state index contributed by atoms with van der Waals surface area (Å²) in [4.78, 5) is 0. The van der Waals surface area contributed by atoms with Gasteiger partial charge in [0.15, 0.2) is 0 Å². The van der Waals surface area contributed by atoms with Crippen LogP contribution in [0.4, 0.5) is 0 Å². The van der Waals surface area contributed by atoms with Crippen molar-refractivity contribution in [2.75, 3.05) is 0 Å². The topological polar surface area (TPSA) is 27.7 Å². The average molecular weight is 431 g/mol. The van der Waals surface area contributed by atoms with Gasteiger partial charge in [-0.25, -0.2) is 0 Å². The van der Waals surface area contributed by atoms with Gasteiger partial charge in [-0.15, -0.1) is 0 Å². The molecular weight excluding hydrogens is 384 g/mol. The van der Waals surface area contributed by atoms with E-state index >= 15 is 0 Å². The molecule has 4 unspecified atom stereocenters. The van der Waals surface area contributed by atoms with E-state index in [4.69, 9.17) is 12.3 Å². The second kappa shape index (κ2) is 9.13. The van der Waals surface area contributed by atoms with Crippen LogP contribution < -0.4 is 0 Å². The van der Waals surface area contributed by atoms with E-state index in [-0.39, 0.29) is 0 Å². The second-order valence-corrected chi connectivity index (χ2v) is 21.9. The Bertz CT molecular complexity index is 459. The van der Waals surface area contributed by atoms with Crippen molar-refractivity contribution < 1.29 is 12.3 Å². The third-order valence-corrected chi connectivity index (χ3v) is 24.0. The molecule has 3 nitrogen and oxygen atoms in total. The molecule has 1 saturated heterocycles.